The zero-order valence-electron chi connectivity index (χ0n) is 14.1. The number of hydrogen-bond donors (Lipinski definition) is 1. The molecule has 1 aliphatic heterocycles. The van der Waals surface area contributed by atoms with E-state index < -0.39 is 15.8 Å². The molecular weight excluding hydrogens is 343 g/mol. The second kappa shape index (κ2) is 6.74. The van der Waals surface area contributed by atoms with Gasteiger partial charge in [0.2, 0.25) is 10.0 Å². The first kappa shape index (κ1) is 17.8. The average molecular weight is 364 g/mol. The summed E-state index contributed by atoms with van der Waals surface area (Å²) in [7, 11) is -2.49. The predicted octanol–water partition coefficient (Wildman–Crippen LogP) is 2.26. The normalized spacial score (nSPS) is 21.4. The van der Waals surface area contributed by atoms with Crippen molar-refractivity contribution in [2.24, 2.45) is 5.73 Å². The van der Waals surface area contributed by atoms with E-state index in [1.165, 1.54) is 30.5 Å². The van der Waals surface area contributed by atoms with Gasteiger partial charge in [-0.2, -0.15) is 4.31 Å². The summed E-state index contributed by atoms with van der Waals surface area (Å²) in [6.07, 6.45) is 0. The maximum atomic E-state index is 14.3. The molecular formula is C18H21FN2O3S. The van der Waals surface area contributed by atoms with Crippen LogP contribution in [0.1, 0.15) is 17.0 Å². The SMILES string of the molecule is COc1ccc(S(=O)(=O)N2C[C@@H](N)[C@H](c3ccccc3)C2)c(C)c1F. The molecule has 2 N–H and O–H groups in total. The van der Waals surface area contributed by atoms with Crippen molar-refractivity contribution in [3.8, 4) is 5.75 Å². The minimum Gasteiger partial charge on any atom is -0.494 e. The van der Waals surface area contributed by atoms with Crippen molar-refractivity contribution in [2.45, 2.75) is 23.8 Å². The van der Waals surface area contributed by atoms with Crippen LogP contribution in [0.2, 0.25) is 0 Å². The zero-order valence-corrected chi connectivity index (χ0v) is 15.0. The lowest BCUT2D eigenvalue weighted by Crippen LogP contribution is -2.32. The molecule has 0 amide bonds. The summed E-state index contributed by atoms with van der Waals surface area (Å²) in [5.74, 6) is -0.720. The van der Waals surface area contributed by atoms with Crippen molar-refractivity contribution in [3.05, 3.63) is 59.4 Å². The van der Waals surface area contributed by atoms with Gasteiger partial charge < -0.3 is 10.5 Å². The fourth-order valence-electron chi connectivity index (χ4n) is 3.26. The Morgan fingerprint density at radius 3 is 2.48 bits per heavy atom. The summed E-state index contributed by atoms with van der Waals surface area (Å²) in [6.45, 7) is 1.92. The molecule has 0 spiro atoms. The molecule has 1 heterocycles. The highest BCUT2D eigenvalue weighted by molar-refractivity contribution is 7.89. The Morgan fingerprint density at radius 2 is 1.84 bits per heavy atom. The molecule has 0 saturated carbocycles. The van der Waals surface area contributed by atoms with Crippen molar-refractivity contribution < 1.29 is 17.5 Å². The lowest BCUT2D eigenvalue weighted by Gasteiger charge is -2.19. The molecule has 0 aliphatic carbocycles. The van der Waals surface area contributed by atoms with Gasteiger partial charge in [-0.1, -0.05) is 30.3 Å². The lowest BCUT2D eigenvalue weighted by molar-refractivity contribution is 0.383. The largest absolute Gasteiger partial charge is 0.494 e. The van der Waals surface area contributed by atoms with Crippen LogP contribution in [0.5, 0.6) is 5.75 Å². The van der Waals surface area contributed by atoms with E-state index in [1.54, 1.807) is 0 Å². The maximum absolute atomic E-state index is 14.3. The molecule has 0 bridgehead atoms. The zero-order chi connectivity index (χ0) is 18.2. The second-order valence-electron chi connectivity index (χ2n) is 6.21. The van der Waals surface area contributed by atoms with E-state index in [9.17, 15) is 12.8 Å². The maximum Gasteiger partial charge on any atom is 0.243 e. The first-order chi connectivity index (χ1) is 11.9. The first-order valence-corrected chi connectivity index (χ1v) is 9.44. The van der Waals surface area contributed by atoms with Crippen LogP contribution in [-0.4, -0.2) is 39.0 Å². The van der Waals surface area contributed by atoms with Gasteiger partial charge in [0.05, 0.1) is 12.0 Å². The fraction of sp³-hybridized carbons (Fsp3) is 0.333. The topological polar surface area (TPSA) is 72.6 Å². The Bertz CT molecular complexity index is 871. The lowest BCUT2D eigenvalue weighted by atomic mass is 9.95. The number of sulfonamides is 1. The van der Waals surface area contributed by atoms with Gasteiger partial charge in [0, 0.05) is 30.6 Å². The van der Waals surface area contributed by atoms with Gasteiger partial charge >= 0.3 is 0 Å². The Balaban J connectivity index is 1.93. The van der Waals surface area contributed by atoms with E-state index in [0.717, 1.165) is 5.56 Å². The van der Waals surface area contributed by atoms with Gasteiger partial charge in [0.25, 0.3) is 0 Å². The van der Waals surface area contributed by atoms with E-state index in [-0.39, 0.29) is 41.3 Å². The van der Waals surface area contributed by atoms with Crippen molar-refractivity contribution in [2.75, 3.05) is 20.2 Å². The first-order valence-electron chi connectivity index (χ1n) is 8.00. The molecule has 0 unspecified atom stereocenters. The number of halogens is 1. The van der Waals surface area contributed by atoms with Crippen LogP contribution in [0.25, 0.3) is 0 Å². The van der Waals surface area contributed by atoms with Crippen molar-refractivity contribution in [3.63, 3.8) is 0 Å². The van der Waals surface area contributed by atoms with Crippen molar-refractivity contribution in [1.29, 1.82) is 0 Å². The Kier molecular flexibility index (Phi) is 4.81. The molecule has 0 aromatic heterocycles. The van der Waals surface area contributed by atoms with Crippen molar-refractivity contribution in [1.82, 2.24) is 4.31 Å². The van der Waals surface area contributed by atoms with Gasteiger partial charge in [-0.3, -0.25) is 0 Å². The van der Waals surface area contributed by atoms with E-state index in [1.807, 2.05) is 30.3 Å². The third-order valence-electron chi connectivity index (χ3n) is 4.70. The third-order valence-corrected chi connectivity index (χ3v) is 6.67. The molecule has 1 saturated heterocycles. The van der Waals surface area contributed by atoms with Gasteiger partial charge in [-0.15, -0.1) is 0 Å². The highest BCUT2D eigenvalue weighted by Crippen LogP contribution is 2.33. The van der Waals surface area contributed by atoms with Crippen LogP contribution in [0.3, 0.4) is 0 Å². The number of benzene rings is 2. The molecule has 2 atom stereocenters. The van der Waals surface area contributed by atoms with Gasteiger partial charge in [0.15, 0.2) is 11.6 Å². The second-order valence-corrected chi connectivity index (χ2v) is 8.11. The van der Waals surface area contributed by atoms with E-state index in [4.69, 9.17) is 10.5 Å². The minimum atomic E-state index is -3.83. The van der Waals surface area contributed by atoms with Gasteiger partial charge in [0.1, 0.15) is 0 Å². The fourth-order valence-corrected chi connectivity index (χ4v) is 4.98. The van der Waals surface area contributed by atoms with Gasteiger partial charge in [-0.25, -0.2) is 12.8 Å². The molecule has 1 fully saturated rings. The summed E-state index contributed by atoms with van der Waals surface area (Å²) in [5, 5.41) is 0. The number of ether oxygens (including phenoxy) is 1. The number of methoxy groups -OCH3 is 1. The van der Waals surface area contributed by atoms with E-state index in [2.05, 4.69) is 0 Å². The number of nitrogens with two attached hydrogens (primary N) is 1. The molecule has 134 valence electrons. The van der Waals surface area contributed by atoms with Gasteiger partial charge in [-0.05, 0) is 24.6 Å². The molecule has 25 heavy (non-hydrogen) atoms. The molecule has 2 aromatic carbocycles. The molecule has 7 heteroatoms. The third kappa shape index (κ3) is 3.15. The monoisotopic (exact) mass is 364 g/mol. The van der Waals surface area contributed by atoms with Crippen LogP contribution < -0.4 is 10.5 Å². The predicted molar refractivity (Wildman–Crippen MR) is 93.6 cm³/mol. The molecule has 2 aromatic rings. The summed E-state index contributed by atoms with van der Waals surface area (Å²) in [5.41, 5.74) is 7.25. The van der Waals surface area contributed by atoms with Crippen LogP contribution in [0, 0.1) is 12.7 Å². The molecule has 3 rings (SSSR count). The smallest absolute Gasteiger partial charge is 0.243 e. The molecule has 1 aliphatic rings. The van der Waals surface area contributed by atoms with Crippen LogP contribution in [0.15, 0.2) is 47.4 Å². The van der Waals surface area contributed by atoms with Crippen molar-refractivity contribution >= 4 is 10.0 Å². The number of rotatable bonds is 4. The minimum absolute atomic E-state index is 0.0248. The van der Waals surface area contributed by atoms with E-state index >= 15 is 0 Å². The van der Waals surface area contributed by atoms with Crippen LogP contribution in [-0.2, 0) is 10.0 Å². The Labute approximate surface area is 147 Å². The molecule has 5 nitrogen and oxygen atoms in total. The van der Waals surface area contributed by atoms with Crippen LogP contribution >= 0.6 is 0 Å². The number of hydrogen-bond acceptors (Lipinski definition) is 4. The summed E-state index contributed by atoms with van der Waals surface area (Å²) in [4.78, 5) is -0.0493. The Morgan fingerprint density at radius 1 is 1.16 bits per heavy atom. The number of nitrogens with zero attached hydrogens (tertiary/aromatic N) is 1. The standard InChI is InChI=1S/C18H21FN2O3S/c1-12-17(9-8-16(24-2)18(12)19)25(22,23)21-10-14(15(20)11-21)13-6-4-3-5-7-13/h3-9,14-15H,10-11,20H2,1-2H3/t14-,15+/m0/s1. The van der Waals surface area contributed by atoms with E-state index in [0.29, 0.717) is 0 Å². The molecule has 0 radical (unpaired) electrons. The highest BCUT2D eigenvalue weighted by Gasteiger charge is 2.39. The summed E-state index contributed by atoms with van der Waals surface area (Å²) < 4.78 is 46.5. The van der Waals surface area contributed by atoms with Crippen LogP contribution in [0.4, 0.5) is 4.39 Å². The average Bonchev–Trinajstić information content (AvgIpc) is 3.00. The summed E-state index contributed by atoms with van der Waals surface area (Å²) in [6, 6.07) is 12.0. The summed E-state index contributed by atoms with van der Waals surface area (Å²) >= 11 is 0. The quantitative estimate of drug-likeness (QED) is 0.903. The highest BCUT2D eigenvalue weighted by atomic mass is 32.2. The Hall–Kier alpha value is -1.96.